The summed E-state index contributed by atoms with van der Waals surface area (Å²) in [6.45, 7) is 7.67. The average molecular weight is 464 g/mol. The molecule has 0 unspecified atom stereocenters. The van der Waals surface area contributed by atoms with E-state index in [4.69, 9.17) is 0 Å². The number of sulfone groups is 1. The SMILES string of the molecule is Cc1ncc(-c2ccc(C(C)(C)C(=O)Cc3cnc(C4CC4)c(S(C)(=O)=O)c3)c(C)c2)cn1. The number of carbonyl (C=O) groups is 1. The number of pyridine rings is 1. The van der Waals surface area contributed by atoms with Crippen LogP contribution in [0.3, 0.4) is 0 Å². The highest BCUT2D eigenvalue weighted by Gasteiger charge is 2.33. The van der Waals surface area contributed by atoms with E-state index < -0.39 is 15.3 Å². The van der Waals surface area contributed by atoms with E-state index in [0.717, 1.165) is 40.9 Å². The normalized spacial score (nSPS) is 14.3. The van der Waals surface area contributed by atoms with E-state index in [1.54, 1.807) is 24.7 Å². The van der Waals surface area contributed by atoms with Crippen molar-refractivity contribution in [1.29, 1.82) is 0 Å². The van der Waals surface area contributed by atoms with Crippen LogP contribution in [-0.4, -0.2) is 35.4 Å². The van der Waals surface area contributed by atoms with Gasteiger partial charge in [0.2, 0.25) is 0 Å². The van der Waals surface area contributed by atoms with Gasteiger partial charge >= 0.3 is 0 Å². The van der Waals surface area contributed by atoms with Gasteiger partial charge in [-0.25, -0.2) is 18.4 Å². The van der Waals surface area contributed by atoms with Gasteiger partial charge in [-0.2, -0.15) is 0 Å². The van der Waals surface area contributed by atoms with Crippen molar-refractivity contribution >= 4 is 15.6 Å². The third-order valence-electron chi connectivity index (χ3n) is 6.38. The van der Waals surface area contributed by atoms with Gasteiger partial charge in [-0.3, -0.25) is 9.78 Å². The molecule has 0 N–H and O–H groups in total. The molecule has 1 fully saturated rings. The number of rotatable bonds is 7. The lowest BCUT2D eigenvalue weighted by atomic mass is 9.76. The lowest BCUT2D eigenvalue weighted by molar-refractivity contribution is -0.122. The second-order valence-corrected chi connectivity index (χ2v) is 11.5. The molecule has 0 atom stereocenters. The summed E-state index contributed by atoms with van der Waals surface area (Å²) in [4.78, 5) is 26.6. The zero-order valence-corrected chi connectivity index (χ0v) is 20.5. The van der Waals surface area contributed by atoms with Crippen LogP contribution in [0.5, 0.6) is 0 Å². The Kier molecular flexibility index (Phi) is 5.95. The van der Waals surface area contributed by atoms with Crippen LogP contribution in [0.1, 0.15) is 60.8 Å². The number of Topliss-reactive ketones (excluding diaryl/α,β-unsaturated/α-hetero) is 1. The Morgan fingerprint density at radius 2 is 1.67 bits per heavy atom. The molecule has 1 saturated carbocycles. The van der Waals surface area contributed by atoms with Gasteiger partial charge in [-0.05, 0) is 68.9 Å². The highest BCUT2D eigenvalue weighted by Crippen LogP contribution is 2.42. The number of hydrogen-bond donors (Lipinski definition) is 0. The molecule has 0 spiro atoms. The third kappa shape index (κ3) is 4.88. The zero-order valence-electron chi connectivity index (χ0n) is 19.7. The largest absolute Gasteiger partial charge is 0.298 e. The first-order valence-corrected chi connectivity index (χ1v) is 13.0. The van der Waals surface area contributed by atoms with Crippen LogP contribution in [0, 0.1) is 13.8 Å². The highest BCUT2D eigenvalue weighted by molar-refractivity contribution is 7.90. The molecule has 3 aromatic rings. The maximum atomic E-state index is 13.4. The van der Waals surface area contributed by atoms with Crippen LogP contribution < -0.4 is 0 Å². The molecular weight excluding hydrogens is 434 g/mol. The van der Waals surface area contributed by atoms with E-state index in [2.05, 4.69) is 15.0 Å². The Morgan fingerprint density at radius 3 is 2.24 bits per heavy atom. The average Bonchev–Trinajstić information content (AvgIpc) is 3.58. The van der Waals surface area contributed by atoms with Crippen LogP contribution in [-0.2, 0) is 26.5 Å². The van der Waals surface area contributed by atoms with Gasteiger partial charge in [-0.15, -0.1) is 0 Å². The minimum Gasteiger partial charge on any atom is -0.298 e. The van der Waals surface area contributed by atoms with Gasteiger partial charge in [0.05, 0.1) is 10.6 Å². The summed E-state index contributed by atoms with van der Waals surface area (Å²) in [5.74, 6) is 0.950. The van der Waals surface area contributed by atoms with E-state index in [-0.39, 0.29) is 23.0 Å². The number of hydrogen-bond acceptors (Lipinski definition) is 6. The van der Waals surface area contributed by atoms with Crippen molar-refractivity contribution in [2.45, 2.75) is 63.2 Å². The number of nitrogens with zero attached hydrogens (tertiary/aromatic N) is 3. The maximum Gasteiger partial charge on any atom is 0.177 e. The second-order valence-electron chi connectivity index (χ2n) is 9.55. The molecule has 172 valence electrons. The first-order chi connectivity index (χ1) is 15.5. The summed E-state index contributed by atoms with van der Waals surface area (Å²) < 4.78 is 24.6. The van der Waals surface area contributed by atoms with Gasteiger partial charge in [0, 0.05) is 48.2 Å². The number of benzene rings is 1. The van der Waals surface area contributed by atoms with Gasteiger partial charge in [0.25, 0.3) is 0 Å². The lowest BCUT2D eigenvalue weighted by Gasteiger charge is -2.26. The van der Waals surface area contributed by atoms with Crippen LogP contribution in [0.2, 0.25) is 0 Å². The lowest BCUT2D eigenvalue weighted by Crippen LogP contribution is -2.31. The summed E-state index contributed by atoms with van der Waals surface area (Å²) in [6, 6.07) is 7.65. The van der Waals surface area contributed by atoms with Gasteiger partial charge in [-0.1, -0.05) is 18.2 Å². The third-order valence-corrected chi connectivity index (χ3v) is 7.50. The van der Waals surface area contributed by atoms with E-state index in [9.17, 15) is 13.2 Å². The van der Waals surface area contributed by atoms with E-state index in [1.165, 1.54) is 6.26 Å². The van der Waals surface area contributed by atoms with E-state index >= 15 is 0 Å². The zero-order chi connectivity index (χ0) is 24.0. The molecule has 0 saturated heterocycles. The van der Waals surface area contributed by atoms with Crippen molar-refractivity contribution in [3.05, 3.63) is 71.1 Å². The number of aromatic nitrogens is 3. The Labute approximate surface area is 195 Å². The van der Waals surface area contributed by atoms with Crippen molar-refractivity contribution < 1.29 is 13.2 Å². The summed E-state index contributed by atoms with van der Waals surface area (Å²) in [5, 5.41) is 0. The van der Waals surface area contributed by atoms with E-state index in [1.807, 2.05) is 45.9 Å². The van der Waals surface area contributed by atoms with Crippen molar-refractivity contribution in [1.82, 2.24) is 15.0 Å². The topological polar surface area (TPSA) is 89.9 Å². The number of ketones is 1. The summed E-state index contributed by atoms with van der Waals surface area (Å²) >= 11 is 0. The predicted octanol–water partition coefficient (Wildman–Crippen LogP) is 4.53. The first-order valence-electron chi connectivity index (χ1n) is 11.1. The Hall–Kier alpha value is -2.93. The van der Waals surface area contributed by atoms with Crippen molar-refractivity contribution in [3.63, 3.8) is 0 Å². The molecule has 0 amide bonds. The first kappa shape index (κ1) is 23.2. The van der Waals surface area contributed by atoms with Crippen LogP contribution in [0.25, 0.3) is 11.1 Å². The fraction of sp³-hybridized carbons (Fsp3) is 0.385. The molecule has 1 aliphatic carbocycles. The monoisotopic (exact) mass is 463 g/mol. The highest BCUT2D eigenvalue weighted by atomic mass is 32.2. The minimum absolute atomic E-state index is 0.0115. The molecule has 2 aromatic heterocycles. The van der Waals surface area contributed by atoms with Gasteiger partial charge in [0.15, 0.2) is 9.84 Å². The molecule has 6 nitrogen and oxygen atoms in total. The van der Waals surface area contributed by atoms with Gasteiger partial charge in [0.1, 0.15) is 11.6 Å². The molecule has 1 aliphatic rings. The quantitative estimate of drug-likeness (QED) is 0.512. The Balaban J connectivity index is 1.60. The number of aryl methyl sites for hydroxylation is 2. The van der Waals surface area contributed by atoms with Crippen molar-refractivity contribution in [2.75, 3.05) is 6.26 Å². The molecule has 33 heavy (non-hydrogen) atoms. The fourth-order valence-electron chi connectivity index (χ4n) is 4.20. The summed E-state index contributed by atoms with van der Waals surface area (Å²) in [5.41, 5.74) is 4.39. The molecule has 7 heteroatoms. The molecular formula is C26H29N3O3S. The Morgan fingerprint density at radius 1 is 1.00 bits per heavy atom. The summed E-state index contributed by atoms with van der Waals surface area (Å²) in [6.07, 6.45) is 8.50. The smallest absolute Gasteiger partial charge is 0.177 e. The molecule has 0 radical (unpaired) electrons. The second kappa shape index (κ2) is 8.45. The molecule has 4 rings (SSSR count). The van der Waals surface area contributed by atoms with Crippen molar-refractivity contribution in [3.8, 4) is 11.1 Å². The molecule has 0 aliphatic heterocycles. The van der Waals surface area contributed by atoms with Gasteiger partial charge < -0.3 is 0 Å². The maximum absolute atomic E-state index is 13.4. The van der Waals surface area contributed by atoms with Crippen LogP contribution in [0.4, 0.5) is 0 Å². The van der Waals surface area contributed by atoms with Crippen LogP contribution >= 0.6 is 0 Å². The molecule has 2 heterocycles. The fourth-order valence-corrected chi connectivity index (χ4v) is 5.16. The molecule has 1 aromatic carbocycles. The van der Waals surface area contributed by atoms with Crippen molar-refractivity contribution in [2.24, 2.45) is 0 Å². The van der Waals surface area contributed by atoms with Crippen LogP contribution in [0.15, 0.2) is 47.8 Å². The van der Waals surface area contributed by atoms with E-state index in [0.29, 0.717) is 11.3 Å². The predicted molar refractivity (Wildman–Crippen MR) is 128 cm³/mol. The number of carbonyl (C=O) groups excluding carboxylic acids is 1. The summed E-state index contributed by atoms with van der Waals surface area (Å²) in [7, 11) is -3.41. The standard InChI is InChI=1S/C26H29N3O3S/c1-16-10-20(21-14-27-17(2)28-15-21)8-9-22(16)26(3,4)24(30)12-18-11-23(33(5,31)32)25(29-13-18)19-6-7-19/h8-11,13-15,19H,6-7,12H2,1-5H3. The molecule has 0 bridgehead atoms. The minimum atomic E-state index is -3.41. The Bertz CT molecular complexity index is 1330.